The molecular weight excluding hydrogens is 354 g/mol. The number of hydrogen-bond acceptors (Lipinski definition) is 5. The van der Waals surface area contributed by atoms with E-state index in [0.29, 0.717) is 13.2 Å². The molecule has 2 aliphatic heterocycles. The summed E-state index contributed by atoms with van der Waals surface area (Å²) in [7, 11) is 0. The average Bonchev–Trinajstić information content (AvgIpc) is 3.02. The Labute approximate surface area is 166 Å². The smallest absolute Gasteiger partial charge is 0.186 e. The Bertz CT molecular complexity index is 752. The predicted molar refractivity (Wildman–Crippen MR) is 106 cm³/mol. The molecule has 2 aromatic carbocycles. The second-order valence-corrected chi connectivity index (χ2v) is 8.08. The molecule has 0 saturated carbocycles. The summed E-state index contributed by atoms with van der Waals surface area (Å²) < 4.78 is 24.5. The molecule has 5 nitrogen and oxygen atoms in total. The van der Waals surface area contributed by atoms with Gasteiger partial charge in [-0.15, -0.1) is 0 Å². The fourth-order valence-electron chi connectivity index (χ4n) is 4.05. The molecule has 2 saturated heterocycles. The zero-order valence-electron chi connectivity index (χ0n) is 16.5. The van der Waals surface area contributed by atoms with E-state index in [1.807, 2.05) is 62.4 Å². The molecule has 0 amide bonds. The van der Waals surface area contributed by atoms with Gasteiger partial charge in [-0.25, -0.2) is 0 Å². The number of nitrogens with two attached hydrogens (primary N) is 1. The highest BCUT2D eigenvalue weighted by atomic mass is 16.8. The van der Waals surface area contributed by atoms with Crippen molar-refractivity contribution in [1.82, 2.24) is 0 Å². The van der Waals surface area contributed by atoms with Crippen LogP contribution in [0.5, 0.6) is 0 Å². The summed E-state index contributed by atoms with van der Waals surface area (Å²) in [4.78, 5) is 0. The van der Waals surface area contributed by atoms with Gasteiger partial charge in [-0.2, -0.15) is 0 Å². The summed E-state index contributed by atoms with van der Waals surface area (Å²) >= 11 is 0. The summed E-state index contributed by atoms with van der Waals surface area (Å²) in [6, 6.07) is 20.3. The van der Waals surface area contributed by atoms with E-state index >= 15 is 0 Å². The molecule has 4 rings (SSSR count). The zero-order valence-corrected chi connectivity index (χ0v) is 16.5. The highest BCUT2D eigenvalue weighted by Crippen LogP contribution is 2.39. The molecule has 2 fully saturated rings. The summed E-state index contributed by atoms with van der Waals surface area (Å²) in [5.74, 6) is -0.634. The average molecular weight is 383 g/mol. The van der Waals surface area contributed by atoms with Crippen molar-refractivity contribution in [3.63, 3.8) is 0 Å². The first-order chi connectivity index (χ1) is 13.5. The molecule has 28 heavy (non-hydrogen) atoms. The Morgan fingerprint density at radius 2 is 1.57 bits per heavy atom. The van der Waals surface area contributed by atoms with Crippen LogP contribution in [0.4, 0.5) is 0 Å². The van der Waals surface area contributed by atoms with E-state index in [2.05, 4.69) is 12.1 Å². The van der Waals surface area contributed by atoms with Crippen molar-refractivity contribution in [2.45, 2.75) is 57.2 Å². The van der Waals surface area contributed by atoms with E-state index in [9.17, 15) is 0 Å². The SMILES string of the molecule is CC1(C)O[C@@H]2[C@@H](C(N)Cc3ccccc3)COC(OCc3ccccc3)[C@H]2O1. The number of benzene rings is 2. The van der Waals surface area contributed by atoms with E-state index in [-0.39, 0.29) is 24.2 Å². The third kappa shape index (κ3) is 4.45. The summed E-state index contributed by atoms with van der Waals surface area (Å²) in [5, 5.41) is 0. The van der Waals surface area contributed by atoms with E-state index in [1.54, 1.807) is 0 Å². The van der Waals surface area contributed by atoms with Crippen LogP contribution in [0.2, 0.25) is 0 Å². The van der Waals surface area contributed by atoms with Crippen molar-refractivity contribution in [2.75, 3.05) is 6.61 Å². The van der Waals surface area contributed by atoms with Gasteiger partial charge in [0.05, 0.1) is 19.3 Å². The lowest BCUT2D eigenvalue weighted by atomic mass is 9.86. The zero-order chi connectivity index (χ0) is 19.6. The lowest BCUT2D eigenvalue weighted by Crippen LogP contribution is -2.55. The molecule has 0 aromatic heterocycles. The van der Waals surface area contributed by atoms with Crippen molar-refractivity contribution in [1.29, 1.82) is 0 Å². The number of rotatable bonds is 6. The Morgan fingerprint density at radius 1 is 0.964 bits per heavy atom. The first-order valence-corrected chi connectivity index (χ1v) is 9.94. The van der Waals surface area contributed by atoms with Gasteiger partial charge in [0, 0.05) is 12.0 Å². The standard InChI is InChI=1S/C23H29NO4/c1-23(2)27-20-18(19(24)13-16-9-5-3-6-10-16)15-26-22(21(20)28-23)25-14-17-11-7-4-8-12-17/h3-12,18-22H,13-15,24H2,1-2H3/t18-,19?,20-,21+,22?/m1/s1. The largest absolute Gasteiger partial charge is 0.349 e. The molecule has 150 valence electrons. The van der Waals surface area contributed by atoms with Crippen LogP contribution in [0.3, 0.4) is 0 Å². The minimum absolute atomic E-state index is 0.0450. The topological polar surface area (TPSA) is 62.9 Å². The quantitative estimate of drug-likeness (QED) is 0.830. The van der Waals surface area contributed by atoms with Crippen LogP contribution < -0.4 is 5.73 Å². The highest BCUT2D eigenvalue weighted by molar-refractivity contribution is 5.17. The molecule has 2 unspecified atom stereocenters. The van der Waals surface area contributed by atoms with Gasteiger partial charge in [0.2, 0.25) is 0 Å². The van der Waals surface area contributed by atoms with Crippen molar-refractivity contribution in [2.24, 2.45) is 11.7 Å². The molecule has 2 aromatic rings. The second kappa shape index (κ2) is 8.31. The normalized spacial score (nSPS) is 30.0. The Hall–Kier alpha value is -1.76. The van der Waals surface area contributed by atoms with Gasteiger partial charge in [-0.05, 0) is 31.4 Å². The molecule has 2 aliphatic rings. The van der Waals surface area contributed by atoms with Crippen molar-refractivity contribution in [3.8, 4) is 0 Å². The van der Waals surface area contributed by atoms with Crippen molar-refractivity contribution in [3.05, 3.63) is 71.8 Å². The summed E-state index contributed by atoms with van der Waals surface area (Å²) in [5.41, 5.74) is 8.89. The van der Waals surface area contributed by atoms with E-state index in [0.717, 1.165) is 12.0 Å². The molecule has 0 bridgehead atoms. The maximum Gasteiger partial charge on any atom is 0.186 e. The molecule has 2 N–H and O–H groups in total. The summed E-state index contributed by atoms with van der Waals surface area (Å²) in [6.45, 7) is 4.83. The van der Waals surface area contributed by atoms with Gasteiger partial charge in [-0.1, -0.05) is 60.7 Å². The van der Waals surface area contributed by atoms with Gasteiger partial charge in [0.25, 0.3) is 0 Å². The third-order valence-corrected chi connectivity index (χ3v) is 5.43. The van der Waals surface area contributed by atoms with Gasteiger partial charge in [-0.3, -0.25) is 0 Å². The lowest BCUT2D eigenvalue weighted by molar-refractivity contribution is -0.245. The van der Waals surface area contributed by atoms with Crippen LogP contribution >= 0.6 is 0 Å². The molecule has 0 radical (unpaired) electrons. The Kier molecular flexibility index (Phi) is 5.80. The minimum atomic E-state index is -0.678. The van der Waals surface area contributed by atoms with Gasteiger partial charge < -0.3 is 24.7 Å². The Balaban J connectivity index is 1.44. The fourth-order valence-corrected chi connectivity index (χ4v) is 4.05. The monoisotopic (exact) mass is 383 g/mol. The van der Waals surface area contributed by atoms with Crippen LogP contribution in [0.15, 0.2) is 60.7 Å². The van der Waals surface area contributed by atoms with Crippen LogP contribution in [0, 0.1) is 5.92 Å². The molecule has 5 heteroatoms. The number of fused-ring (bicyclic) bond motifs is 1. The molecule has 5 atom stereocenters. The highest BCUT2D eigenvalue weighted by Gasteiger charge is 2.53. The van der Waals surface area contributed by atoms with E-state index in [4.69, 9.17) is 24.7 Å². The van der Waals surface area contributed by atoms with E-state index < -0.39 is 12.1 Å². The summed E-state index contributed by atoms with van der Waals surface area (Å²) in [6.07, 6.45) is -0.132. The first kappa shape index (κ1) is 19.6. The van der Waals surface area contributed by atoms with Crippen LogP contribution in [-0.2, 0) is 32.0 Å². The minimum Gasteiger partial charge on any atom is -0.349 e. The fraction of sp³-hybridized carbons (Fsp3) is 0.478. The lowest BCUT2D eigenvalue weighted by Gasteiger charge is -2.39. The first-order valence-electron chi connectivity index (χ1n) is 9.94. The van der Waals surface area contributed by atoms with Gasteiger partial charge in [0.1, 0.15) is 6.10 Å². The molecule has 0 aliphatic carbocycles. The molecular formula is C23H29NO4. The number of ether oxygens (including phenoxy) is 4. The predicted octanol–water partition coefficient (Wildman–Crippen LogP) is 3.27. The van der Waals surface area contributed by atoms with Crippen molar-refractivity contribution < 1.29 is 18.9 Å². The third-order valence-electron chi connectivity index (χ3n) is 5.43. The van der Waals surface area contributed by atoms with Crippen LogP contribution in [-0.4, -0.2) is 36.9 Å². The van der Waals surface area contributed by atoms with Crippen molar-refractivity contribution >= 4 is 0 Å². The van der Waals surface area contributed by atoms with Crippen LogP contribution in [0.1, 0.15) is 25.0 Å². The van der Waals surface area contributed by atoms with E-state index in [1.165, 1.54) is 5.56 Å². The molecule has 2 heterocycles. The maximum atomic E-state index is 6.58. The maximum absolute atomic E-state index is 6.58. The second-order valence-electron chi connectivity index (χ2n) is 8.08. The van der Waals surface area contributed by atoms with Gasteiger partial charge in [0.15, 0.2) is 12.1 Å². The molecule has 0 spiro atoms. The Morgan fingerprint density at radius 3 is 2.25 bits per heavy atom. The van der Waals surface area contributed by atoms with Gasteiger partial charge >= 0.3 is 0 Å². The number of hydrogen-bond donors (Lipinski definition) is 1. The van der Waals surface area contributed by atoms with Crippen LogP contribution in [0.25, 0.3) is 0 Å².